The molecule has 2 amide bonds. The molecule has 0 radical (unpaired) electrons. The van der Waals surface area contributed by atoms with Gasteiger partial charge in [-0.1, -0.05) is 0 Å². The first kappa shape index (κ1) is 13.8. The normalized spacial score (nSPS) is 17.9. The maximum Gasteiger partial charge on any atom is 0.389 e. The van der Waals surface area contributed by atoms with Gasteiger partial charge in [0.1, 0.15) is 0 Å². The standard InChI is InChI=1S/C10H15F3N2O2/c11-10(12,13)4-1-2-5-15-6-3-8(16)14-7-9(15)17/h1-7H2,(H,14,16). The molecule has 0 aromatic carbocycles. The van der Waals surface area contributed by atoms with Crippen molar-refractivity contribution >= 4 is 11.8 Å². The quantitative estimate of drug-likeness (QED) is 0.761. The van der Waals surface area contributed by atoms with Gasteiger partial charge < -0.3 is 10.2 Å². The lowest BCUT2D eigenvalue weighted by Gasteiger charge is -2.19. The molecule has 0 aliphatic carbocycles. The first-order valence-electron chi connectivity index (χ1n) is 5.50. The molecule has 1 N–H and O–H groups in total. The van der Waals surface area contributed by atoms with Crippen LogP contribution >= 0.6 is 0 Å². The van der Waals surface area contributed by atoms with Gasteiger partial charge in [-0.2, -0.15) is 13.2 Å². The number of amides is 2. The summed E-state index contributed by atoms with van der Waals surface area (Å²) in [6.45, 7) is 0.513. The minimum absolute atomic E-state index is 0.00859. The molecule has 17 heavy (non-hydrogen) atoms. The average molecular weight is 252 g/mol. The highest BCUT2D eigenvalue weighted by Gasteiger charge is 2.26. The van der Waals surface area contributed by atoms with E-state index in [-0.39, 0.29) is 44.3 Å². The number of hydrogen-bond donors (Lipinski definition) is 1. The predicted octanol–water partition coefficient (Wildman–Crippen LogP) is 1.07. The maximum absolute atomic E-state index is 11.9. The molecule has 0 atom stereocenters. The summed E-state index contributed by atoms with van der Waals surface area (Å²) in [5.74, 6) is -0.431. The smallest absolute Gasteiger partial charge is 0.347 e. The fourth-order valence-electron chi connectivity index (χ4n) is 1.60. The highest BCUT2D eigenvalue weighted by Crippen LogP contribution is 2.22. The molecule has 0 saturated carbocycles. The zero-order valence-electron chi connectivity index (χ0n) is 9.35. The minimum atomic E-state index is -4.14. The van der Waals surface area contributed by atoms with Gasteiger partial charge in [-0.15, -0.1) is 0 Å². The van der Waals surface area contributed by atoms with Crippen molar-refractivity contribution in [3.8, 4) is 0 Å². The van der Waals surface area contributed by atoms with Crippen LogP contribution in [-0.2, 0) is 9.59 Å². The van der Waals surface area contributed by atoms with Crippen molar-refractivity contribution in [1.29, 1.82) is 0 Å². The molecule has 0 unspecified atom stereocenters. The Bertz CT molecular complexity index is 292. The first-order valence-corrected chi connectivity index (χ1v) is 5.50. The van der Waals surface area contributed by atoms with E-state index in [1.807, 2.05) is 0 Å². The Morgan fingerprint density at radius 3 is 2.59 bits per heavy atom. The fraction of sp³-hybridized carbons (Fsp3) is 0.800. The lowest BCUT2D eigenvalue weighted by Crippen LogP contribution is -2.35. The van der Waals surface area contributed by atoms with Crippen LogP contribution in [0.2, 0.25) is 0 Å². The Balaban J connectivity index is 2.26. The Kier molecular flexibility index (Phi) is 4.77. The average Bonchev–Trinajstić information content (AvgIpc) is 2.37. The number of alkyl halides is 3. The third-order valence-electron chi connectivity index (χ3n) is 2.54. The van der Waals surface area contributed by atoms with Gasteiger partial charge in [0.05, 0.1) is 6.54 Å². The lowest BCUT2D eigenvalue weighted by molar-refractivity contribution is -0.136. The third kappa shape index (κ3) is 5.55. The summed E-state index contributed by atoms with van der Waals surface area (Å²) in [5, 5.41) is 2.43. The van der Waals surface area contributed by atoms with Crippen molar-refractivity contribution < 1.29 is 22.8 Å². The summed E-state index contributed by atoms with van der Waals surface area (Å²) in [4.78, 5) is 23.9. The molecule has 0 aromatic heterocycles. The van der Waals surface area contributed by atoms with Crippen molar-refractivity contribution in [1.82, 2.24) is 10.2 Å². The van der Waals surface area contributed by atoms with E-state index in [2.05, 4.69) is 5.32 Å². The summed E-state index contributed by atoms with van der Waals surface area (Å²) < 4.78 is 35.6. The highest BCUT2D eigenvalue weighted by atomic mass is 19.4. The van der Waals surface area contributed by atoms with Gasteiger partial charge in [-0.3, -0.25) is 9.59 Å². The highest BCUT2D eigenvalue weighted by molar-refractivity contribution is 5.87. The van der Waals surface area contributed by atoms with Crippen LogP contribution in [-0.4, -0.2) is 42.5 Å². The van der Waals surface area contributed by atoms with Crippen LogP contribution in [0.15, 0.2) is 0 Å². The summed E-state index contributed by atoms with van der Waals surface area (Å²) in [6, 6.07) is 0. The summed E-state index contributed by atoms with van der Waals surface area (Å²) in [7, 11) is 0. The number of rotatable bonds is 4. The zero-order chi connectivity index (χ0) is 12.9. The Hall–Kier alpha value is -1.27. The number of carbonyl (C=O) groups excluding carboxylic acids is 2. The largest absolute Gasteiger partial charge is 0.389 e. The zero-order valence-corrected chi connectivity index (χ0v) is 9.35. The minimum Gasteiger partial charge on any atom is -0.347 e. The molecule has 1 aliphatic heterocycles. The molecule has 1 saturated heterocycles. The summed E-state index contributed by atoms with van der Waals surface area (Å²) in [6.07, 6.45) is -4.44. The predicted molar refractivity (Wildman–Crippen MR) is 54.1 cm³/mol. The molecule has 0 spiro atoms. The SMILES string of the molecule is O=C1CCN(CCCCC(F)(F)F)C(=O)CN1. The van der Waals surface area contributed by atoms with E-state index in [1.54, 1.807) is 0 Å². The van der Waals surface area contributed by atoms with E-state index in [9.17, 15) is 22.8 Å². The van der Waals surface area contributed by atoms with E-state index >= 15 is 0 Å². The summed E-state index contributed by atoms with van der Waals surface area (Å²) >= 11 is 0. The second-order valence-corrected chi connectivity index (χ2v) is 3.98. The topological polar surface area (TPSA) is 49.4 Å². The number of nitrogens with zero attached hydrogens (tertiary/aromatic N) is 1. The van der Waals surface area contributed by atoms with E-state index in [0.717, 1.165) is 0 Å². The molecule has 0 aromatic rings. The van der Waals surface area contributed by atoms with Crippen LogP contribution in [0.4, 0.5) is 13.2 Å². The Morgan fingerprint density at radius 1 is 1.24 bits per heavy atom. The third-order valence-corrected chi connectivity index (χ3v) is 2.54. The van der Waals surface area contributed by atoms with Crippen molar-refractivity contribution in [3.63, 3.8) is 0 Å². The van der Waals surface area contributed by atoms with Crippen molar-refractivity contribution in [3.05, 3.63) is 0 Å². The number of halogens is 3. The van der Waals surface area contributed by atoms with Gasteiger partial charge in [-0.25, -0.2) is 0 Å². The van der Waals surface area contributed by atoms with Gasteiger partial charge in [-0.05, 0) is 12.8 Å². The maximum atomic E-state index is 11.9. The van der Waals surface area contributed by atoms with Crippen LogP contribution in [0.3, 0.4) is 0 Å². The number of nitrogens with one attached hydrogen (secondary N) is 1. The van der Waals surface area contributed by atoms with E-state index < -0.39 is 12.6 Å². The van der Waals surface area contributed by atoms with Crippen LogP contribution in [0.1, 0.15) is 25.7 Å². The van der Waals surface area contributed by atoms with Crippen LogP contribution in [0, 0.1) is 0 Å². The number of carbonyl (C=O) groups is 2. The molecule has 1 aliphatic rings. The molecule has 0 bridgehead atoms. The molecule has 1 fully saturated rings. The monoisotopic (exact) mass is 252 g/mol. The van der Waals surface area contributed by atoms with Crippen molar-refractivity contribution in [2.75, 3.05) is 19.6 Å². The number of unbranched alkanes of at least 4 members (excludes halogenated alkanes) is 1. The lowest BCUT2D eigenvalue weighted by atomic mass is 10.2. The summed E-state index contributed by atoms with van der Waals surface area (Å²) in [5.41, 5.74) is 0. The van der Waals surface area contributed by atoms with Crippen LogP contribution < -0.4 is 5.32 Å². The molecular weight excluding hydrogens is 237 g/mol. The van der Waals surface area contributed by atoms with Crippen molar-refractivity contribution in [2.45, 2.75) is 31.9 Å². The molecular formula is C10H15F3N2O2. The van der Waals surface area contributed by atoms with Crippen LogP contribution in [0.25, 0.3) is 0 Å². The van der Waals surface area contributed by atoms with E-state index in [4.69, 9.17) is 0 Å². The van der Waals surface area contributed by atoms with Gasteiger partial charge in [0.15, 0.2) is 0 Å². The Morgan fingerprint density at radius 2 is 1.94 bits per heavy atom. The second kappa shape index (κ2) is 5.88. The molecule has 7 heteroatoms. The first-order chi connectivity index (χ1) is 7.88. The van der Waals surface area contributed by atoms with Gasteiger partial charge >= 0.3 is 6.18 Å². The molecule has 4 nitrogen and oxygen atoms in total. The van der Waals surface area contributed by atoms with Crippen molar-refractivity contribution in [2.24, 2.45) is 0 Å². The fourth-order valence-corrected chi connectivity index (χ4v) is 1.60. The van der Waals surface area contributed by atoms with Gasteiger partial charge in [0.25, 0.3) is 0 Å². The van der Waals surface area contributed by atoms with Gasteiger partial charge in [0.2, 0.25) is 11.8 Å². The number of hydrogen-bond acceptors (Lipinski definition) is 2. The molecule has 98 valence electrons. The molecule has 1 heterocycles. The van der Waals surface area contributed by atoms with E-state index in [0.29, 0.717) is 6.42 Å². The molecule has 1 rings (SSSR count). The van der Waals surface area contributed by atoms with E-state index in [1.165, 1.54) is 4.90 Å². The Labute approximate surface area is 97.1 Å². The van der Waals surface area contributed by atoms with Gasteiger partial charge in [0, 0.05) is 25.9 Å². The second-order valence-electron chi connectivity index (χ2n) is 3.98. The van der Waals surface area contributed by atoms with Crippen LogP contribution in [0.5, 0.6) is 0 Å².